The number of rotatable bonds is 5. The van der Waals surface area contributed by atoms with Gasteiger partial charge in [-0.1, -0.05) is 12.1 Å². The number of methoxy groups -OCH3 is 1. The first-order valence-corrected chi connectivity index (χ1v) is 10.3. The minimum atomic E-state index is -4.69. The van der Waals surface area contributed by atoms with Gasteiger partial charge in [-0.15, -0.1) is 11.3 Å². The van der Waals surface area contributed by atoms with Crippen LogP contribution in [0.1, 0.15) is 10.6 Å². The van der Waals surface area contributed by atoms with E-state index in [0.717, 1.165) is 5.56 Å². The van der Waals surface area contributed by atoms with E-state index in [9.17, 15) is 23.2 Å². The van der Waals surface area contributed by atoms with E-state index in [0.29, 0.717) is 28.2 Å². The van der Waals surface area contributed by atoms with Crippen molar-refractivity contribution in [1.29, 1.82) is 5.26 Å². The molecule has 4 aromatic rings. The molecule has 0 bridgehead atoms. The largest absolute Gasteiger partial charge is 0.497 e. The molecule has 2 aromatic carbocycles. The van der Waals surface area contributed by atoms with E-state index in [2.05, 4.69) is 16.4 Å². The van der Waals surface area contributed by atoms with E-state index in [1.807, 2.05) is 24.3 Å². The maximum Gasteiger partial charge on any atom is 0.417 e. The summed E-state index contributed by atoms with van der Waals surface area (Å²) in [5.41, 5.74) is -0.341. The number of halogens is 3. The molecule has 6 nitrogen and oxygen atoms in total. The summed E-state index contributed by atoms with van der Waals surface area (Å²) in [6, 6.07) is 13.7. The van der Waals surface area contributed by atoms with Gasteiger partial charge in [-0.25, -0.2) is 9.78 Å². The Labute approximate surface area is 189 Å². The molecule has 2 aromatic heterocycles. The lowest BCUT2D eigenvalue weighted by Gasteiger charge is -2.10. The van der Waals surface area contributed by atoms with E-state index in [1.165, 1.54) is 35.7 Å². The third kappa shape index (κ3) is 4.73. The van der Waals surface area contributed by atoms with Crippen molar-refractivity contribution in [3.05, 3.63) is 81.1 Å². The van der Waals surface area contributed by atoms with Crippen LogP contribution in [0.3, 0.4) is 0 Å². The van der Waals surface area contributed by atoms with Crippen molar-refractivity contribution in [2.45, 2.75) is 6.18 Å². The molecule has 0 aliphatic rings. The topological polar surface area (TPSA) is 88.1 Å². The summed E-state index contributed by atoms with van der Waals surface area (Å²) in [5, 5.41) is 14.4. The Morgan fingerprint density at radius 3 is 2.79 bits per heavy atom. The Kier molecular flexibility index (Phi) is 5.89. The molecule has 0 fully saturated rings. The quantitative estimate of drug-likeness (QED) is 0.288. The van der Waals surface area contributed by atoms with Gasteiger partial charge >= 0.3 is 11.8 Å². The number of thiazole rings is 1. The van der Waals surface area contributed by atoms with Crippen LogP contribution in [0.2, 0.25) is 0 Å². The second-order valence-corrected chi connectivity index (χ2v) is 7.63. The minimum Gasteiger partial charge on any atom is -0.497 e. The number of ether oxygens (including phenoxy) is 1. The van der Waals surface area contributed by atoms with E-state index in [4.69, 9.17) is 9.15 Å². The van der Waals surface area contributed by atoms with Gasteiger partial charge in [0.05, 0.1) is 18.4 Å². The van der Waals surface area contributed by atoms with Crippen LogP contribution >= 0.6 is 11.3 Å². The third-order valence-corrected chi connectivity index (χ3v) is 5.53. The Balaban J connectivity index is 1.62. The lowest BCUT2D eigenvalue weighted by Crippen LogP contribution is -2.11. The number of fused-ring (bicyclic) bond motifs is 1. The number of nitrogens with zero attached hydrogens (tertiary/aromatic N) is 2. The summed E-state index contributed by atoms with van der Waals surface area (Å²) in [6.07, 6.45) is -3.30. The average Bonchev–Trinajstić information content (AvgIpc) is 3.28. The number of nitrogens with one attached hydrogen (secondary N) is 1. The number of allylic oxidation sites excluding steroid dienone is 1. The minimum absolute atomic E-state index is 0.221. The number of aromatic nitrogens is 1. The van der Waals surface area contributed by atoms with E-state index in [1.54, 1.807) is 12.5 Å². The molecule has 0 unspecified atom stereocenters. The van der Waals surface area contributed by atoms with Crippen molar-refractivity contribution in [3.8, 4) is 23.1 Å². The van der Waals surface area contributed by atoms with Crippen molar-refractivity contribution in [2.24, 2.45) is 0 Å². The summed E-state index contributed by atoms with van der Waals surface area (Å²) >= 11 is 1.27. The highest BCUT2D eigenvalue weighted by Gasteiger charge is 2.33. The van der Waals surface area contributed by atoms with Crippen LogP contribution in [0.4, 0.5) is 18.9 Å². The van der Waals surface area contributed by atoms with Crippen molar-refractivity contribution in [3.63, 3.8) is 0 Å². The zero-order valence-corrected chi connectivity index (χ0v) is 17.8. The number of hydrogen-bond donors (Lipinski definition) is 1. The SMILES string of the molecule is COc1cccc(-c2csc(/C(C#N)=C/Nc3ccc4c(C(F)(F)F)cc(=O)oc4c3)n2)c1. The molecule has 0 aliphatic heterocycles. The fourth-order valence-corrected chi connectivity index (χ4v) is 3.89. The second kappa shape index (κ2) is 8.80. The number of alkyl halides is 3. The molecule has 0 radical (unpaired) electrons. The molecule has 33 heavy (non-hydrogen) atoms. The van der Waals surface area contributed by atoms with Crippen LogP contribution < -0.4 is 15.7 Å². The molecule has 10 heteroatoms. The van der Waals surface area contributed by atoms with E-state index < -0.39 is 17.4 Å². The maximum atomic E-state index is 13.2. The van der Waals surface area contributed by atoms with Gasteiger partial charge in [0.2, 0.25) is 0 Å². The van der Waals surface area contributed by atoms with Gasteiger partial charge in [0.25, 0.3) is 0 Å². The third-order valence-electron chi connectivity index (χ3n) is 4.65. The average molecular weight is 469 g/mol. The standard InChI is InChI=1S/C23H14F3N3O3S/c1-31-16-4-2-3-13(7-16)19-12-33-22(29-19)14(10-27)11-28-15-5-6-17-18(23(24,25)26)9-21(30)32-20(17)8-15/h2-9,11-12,28H,1H3/b14-11+. The van der Waals surface area contributed by atoms with Crippen molar-refractivity contribution < 1.29 is 22.3 Å². The zero-order valence-electron chi connectivity index (χ0n) is 16.9. The van der Waals surface area contributed by atoms with Crippen molar-refractivity contribution in [2.75, 3.05) is 12.4 Å². The highest BCUT2D eigenvalue weighted by Crippen LogP contribution is 2.34. The highest BCUT2D eigenvalue weighted by atomic mass is 32.1. The Hall–Kier alpha value is -4.10. The molecule has 0 amide bonds. The lowest BCUT2D eigenvalue weighted by molar-refractivity contribution is -0.136. The zero-order chi connectivity index (χ0) is 23.6. The smallest absolute Gasteiger partial charge is 0.417 e. The van der Waals surface area contributed by atoms with Crippen LogP contribution in [-0.4, -0.2) is 12.1 Å². The number of anilines is 1. The number of hydrogen-bond acceptors (Lipinski definition) is 7. The summed E-state index contributed by atoms with van der Waals surface area (Å²) < 4.78 is 49.7. The summed E-state index contributed by atoms with van der Waals surface area (Å²) in [7, 11) is 1.57. The molecule has 0 atom stereocenters. The van der Waals surface area contributed by atoms with Crippen LogP contribution in [-0.2, 0) is 6.18 Å². The monoisotopic (exact) mass is 469 g/mol. The maximum absolute atomic E-state index is 13.2. The van der Waals surface area contributed by atoms with Gasteiger partial charge < -0.3 is 14.5 Å². The van der Waals surface area contributed by atoms with Crippen LogP contribution in [0.5, 0.6) is 5.75 Å². The fraction of sp³-hybridized carbons (Fsp3) is 0.0870. The first kappa shape index (κ1) is 22.1. The van der Waals surface area contributed by atoms with Crippen molar-refractivity contribution >= 4 is 33.6 Å². The second-order valence-electron chi connectivity index (χ2n) is 6.77. The Bertz CT molecular complexity index is 1470. The first-order chi connectivity index (χ1) is 15.8. The Morgan fingerprint density at radius 2 is 2.06 bits per heavy atom. The number of nitriles is 1. The van der Waals surface area contributed by atoms with Crippen LogP contribution in [0, 0.1) is 11.3 Å². The Morgan fingerprint density at radius 1 is 1.24 bits per heavy atom. The summed E-state index contributed by atoms with van der Waals surface area (Å²) in [5.74, 6) is 0.677. The predicted molar refractivity (Wildman–Crippen MR) is 119 cm³/mol. The lowest BCUT2D eigenvalue weighted by atomic mass is 10.1. The van der Waals surface area contributed by atoms with E-state index in [-0.39, 0.29) is 16.5 Å². The van der Waals surface area contributed by atoms with E-state index >= 15 is 0 Å². The first-order valence-electron chi connectivity index (χ1n) is 9.41. The molecule has 0 spiro atoms. The summed E-state index contributed by atoms with van der Waals surface area (Å²) in [4.78, 5) is 16.0. The molecular weight excluding hydrogens is 455 g/mol. The normalized spacial score (nSPS) is 11.9. The fourth-order valence-electron chi connectivity index (χ4n) is 3.10. The predicted octanol–water partition coefficient (Wildman–Crippen LogP) is 5.92. The highest BCUT2D eigenvalue weighted by molar-refractivity contribution is 7.11. The van der Waals surface area contributed by atoms with Gasteiger partial charge in [-0.2, -0.15) is 18.4 Å². The molecule has 4 rings (SSSR count). The molecule has 2 heterocycles. The van der Waals surface area contributed by atoms with Gasteiger partial charge in [-0.05, 0) is 24.3 Å². The molecule has 1 N–H and O–H groups in total. The van der Waals surface area contributed by atoms with Crippen molar-refractivity contribution in [1.82, 2.24) is 4.98 Å². The molecule has 0 saturated carbocycles. The van der Waals surface area contributed by atoms with Gasteiger partial charge in [0, 0.05) is 40.3 Å². The van der Waals surface area contributed by atoms with Gasteiger partial charge in [-0.3, -0.25) is 0 Å². The number of benzene rings is 2. The van der Waals surface area contributed by atoms with Gasteiger partial charge in [0.1, 0.15) is 28.0 Å². The molecule has 0 aliphatic carbocycles. The molecule has 166 valence electrons. The summed E-state index contributed by atoms with van der Waals surface area (Å²) in [6.45, 7) is 0. The van der Waals surface area contributed by atoms with Crippen LogP contribution in [0.25, 0.3) is 27.8 Å². The van der Waals surface area contributed by atoms with Crippen LogP contribution in [0.15, 0.2) is 69.3 Å². The van der Waals surface area contributed by atoms with Gasteiger partial charge in [0.15, 0.2) is 0 Å². The molecular formula is C23H14F3N3O3S. The molecule has 0 saturated heterocycles.